The Morgan fingerprint density at radius 2 is 1.95 bits per heavy atom. The van der Waals surface area contributed by atoms with Crippen molar-refractivity contribution in [2.24, 2.45) is 23.2 Å². The van der Waals surface area contributed by atoms with Gasteiger partial charge in [0.05, 0.1) is 5.92 Å². The lowest BCUT2D eigenvalue weighted by molar-refractivity contribution is -0.142. The van der Waals surface area contributed by atoms with Crippen LogP contribution in [0.1, 0.15) is 34.6 Å². The summed E-state index contributed by atoms with van der Waals surface area (Å²) in [5.41, 5.74) is 0.0349. The van der Waals surface area contributed by atoms with Gasteiger partial charge in [0, 0.05) is 19.6 Å². The van der Waals surface area contributed by atoms with Crippen LogP contribution in [0.5, 0.6) is 0 Å². The Kier molecular flexibility index (Phi) is 4.82. The quantitative estimate of drug-likeness (QED) is 0.821. The number of likely N-dealkylation sites (tertiary alicyclic amines) is 1. The van der Waals surface area contributed by atoms with Crippen molar-refractivity contribution in [3.8, 4) is 0 Å². The largest absolute Gasteiger partial charge is 0.481 e. The predicted molar refractivity (Wildman–Crippen MR) is 73.9 cm³/mol. The number of hydrogen-bond donors (Lipinski definition) is 2. The molecule has 1 aliphatic heterocycles. The second-order valence-electron chi connectivity index (χ2n) is 6.63. The molecule has 0 aromatic carbocycles. The van der Waals surface area contributed by atoms with Crippen molar-refractivity contribution in [2.75, 3.05) is 19.6 Å². The smallest absolute Gasteiger partial charge is 0.317 e. The third kappa shape index (κ3) is 3.85. The van der Waals surface area contributed by atoms with Crippen molar-refractivity contribution in [3.05, 3.63) is 0 Å². The fraction of sp³-hybridized carbons (Fsp3) is 0.857. The van der Waals surface area contributed by atoms with Crippen LogP contribution in [-0.4, -0.2) is 41.6 Å². The van der Waals surface area contributed by atoms with Crippen LogP contribution < -0.4 is 5.32 Å². The van der Waals surface area contributed by atoms with Gasteiger partial charge in [-0.15, -0.1) is 0 Å². The monoisotopic (exact) mass is 270 g/mol. The molecule has 1 saturated heterocycles. The summed E-state index contributed by atoms with van der Waals surface area (Å²) >= 11 is 0. The lowest BCUT2D eigenvalue weighted by atomic mass is 9.81. The molecule has 1 fully saturated rings. The highest BCUT2D eigenvalue weighted by Gasteiger charge is 2.37. The van der Waals surface area contributed by atoms with Crippen molar-refractivity contribution in [3.63, 3.8) is 0 Å². The van der Waals surface area contributed by atoms with Gasteiger partial charge < -0.3 is 15.3 Å². The maximum Gasteiger partial charge on any atom is 0.317 e. The zero-order valence-corrected chi connectivity index (χ0v) is 12.6. The van der Waals surface area contributed by atoms with Gasteiger partial charge in [0.2, 0.25) is 0 Å². The highest BCUT2D eigenvalue weighted by atomic mass is 16.4. The minimum Gasteiger partial charge on any atom is -0.481 e. The second kappa shape index (κ2) is 5.80. The minimum absolute atomic E-state index is 0.0151. The molecule has 2 N–H and O–H groups in total. The van der Waals surface area contributed by atoms with Crippen LogP contribution in [0.2, 0.25) is 0 Å². The molecule has 2 amide bonds. The van der Waals surface area contributed by atoms with Gasteiger partial charge in [0.1, 0.15) is 0 Å². The van der Waals surface area contributed by atoms with E-state index < -0.39 is 11.9 Å². The van der Waals surface area contributed by atoms with Crippen LogP contribution in [-0.2, 0) is 4.79 Å². The predicted octanol–water partition coefficient (Wildman–Crippen LogP) is 2.03. The lowest BCUT2D eigenvalue weighted by Crippen LogP contribution is -2.44. The Bertz CT molecular complexity index is 353. The summed E-state index contributed by atoms with van der Waals surface area (Å²) in [6.45, 7) is 11.8. The molecular weight excluding hydrogens is 244 g/mol. The number of hydrogen-bond acceptors (Lipinski definition) is 2. The van der Waals surface area contributed by atoms with Gasteiger partial charge in [0.25, 0.3) is 0 Å². The van der Waals surface area contributed by atoms with Crippen LogP contribution in [0, 0.1) is 23.2 Å². The van der Waals surface area contributed by atoms with E-state index in [1.54, 1.807) is 4.90 Å². The third-order valence-electron chi connectivity index (χ3n) is 4.47. The standard InChI is InChI=1S/C14H26N2O3/c1-9(2)14(4,5)8-15-13(19)16-6-10(3)11(7-16)12(17)18/h9-11H,6-8H2,1-5H3,(H,15,19)(H,17,18)/t10-,11-/m1/s1. The molecule has 0 unspecified atom stereocenters. The number of aliphatic carboxylic acids is 1. The highest BCUT2D eigenvalue weighted by molar-refractivity contribution is 5.77. The van der Waals surface area contributed by atoms with E-state index in [4.69, 9.17) is 5.11 Å². The molecule has 2 atom stereocenters. The SMILES string of the molecule is CC(C)C(C)(C)CNC(=O)N1C[C@@H](C)[C@H](C(=O)O)C1. The first-order valence-corrected chi connectivity index (χ1v) is 6.90. The molecule has 19 heavy (non-hydrogen) atoms. The van der Waals surface area contributed by atoms with Crippen LogP contribution in [0.15, 0.2) is 0 Å². The fourth-order valence-electron chi connectivity index (χ4n) is 2.07. The Morgan fingerprint density at radius 1 is 1.37 bits per heavy atom. The van der Waals surface area contributed by atoms with Gasteiger partial charge in [0.15, 0.2) is 0 Å². The zero-order valence-electron chi connectivity index (χ0n) is 12.6. The molecule has 0 aromatic heterocycles. The van der Waals surface area contributed by atoms with Crippen LogP contribution in [0.25, 0.3) is 0 Å². The second-order valence-corrected chi connectivity index (χ2v) is 6.63. The molecule has 5 nitrogen and oxygen atoms in total. The number of carbonyl (C=O) groups is 2. The summed E-state index contributed by atoms with van der Waals surface area (Å²) in [5, 5.41) is 12.0. The molecule has 0 saturated carbocycles. The minimum atomic E-state index is -0.815. The van der Waals surface area contributed by atoms with Crippen LogP contribution in [0.3, 0.4) is 0 Å². The Labute approximate surface area is 115 Å². The molecule has 0 aliphatic carbocycles. The van der Waals surface area contributed by atoms with Gasteiger partial charge in [-0.1, -0.05) is 34.6 Å². The van der Waals surface area contributed by atoms with E-state index in [9.17, 15) is 9.59 Å². The van der Waals surface area contributed by atoms with Gasteiger partial charge in [-0.25, -0.2) is 4.79 Å². The molecule has 110 valence electrons. The highest BCUT2D eigenvalue weighted by Crippen LogP contribution is 2.26. The Morgan fingerprint density at radius 3 is 2.37 bits per heavy atom. The first-order valence-electron chi connectivity index (χ1n) is 6.90. The van der Waals surface area contributed by atoms with Crippen LogP contribution >= 0.6 is 0 Å². The van der Waals surface area contributed by atoms with Crippen molar-refractivity contribution in [2.45, 2.75) is 34.6 Å². The van der Waals surface area contributed by atoms with Gasteiger partial charge in [-0.2, -0.15) is 0 Å². The Hall–Kier alpha value is -1.26. The zero-order chi connectivity index (χ0) is 14.8. The summed E-state index contributed by atoms with van der Waals surface area (Å²) in [5.74, 6) is -0.771. The average molecular weight is 270 g/mol. The van der Waals surface area contributed by atoms with Crippen LogP contribution in [0.4, 0.5) is 4.79 Å². The number of rotatable bonds is 4. The number of nitrogens with one attached hydrogen (secondary N) is 1. The molecule has 0 bridgehead atoms. The first-order chi connectivity index (χ1) is 8.65. The van der Waals surface area contributed by atoms with Crippen molar-refractivity contribution in [1.29, 1.82) is 0 Å². The summed E-state index contributed by atoms with van der Waals surface area (Å²) in [6.07, 6.45) is 0. The van der Waals surface area contributed by atoms with Gasteiger partial charge in [-0.3, -0.25) is 4.79 Å². The Balaban J connectivity index is 2.50. The third-order valence-corrected chi connectivity index (χ3v) is 4.47. The van der Waals surface area contributed by atoms with E-state index in [1.807, 2.05) is 6.92 Å². The summed E-state index contributed by atoms with van der Waals surface area (Å²) < 4.78 is 0. The lowest BCUT2D eigenvalue weighted by Gasteiger charge is -2.30. The topological polar surface area (TPSA) is 69.6 Å². The van der Waals surface area contributed by atoms with Crippen molar-refractivity contribution in [1.82, 2.24) is 10.2 Å². The van der Waals surface area contributed by atoms with E-state index in [0.717, 1.165) is 0 Å². The maximum atomic E-state index is 12.1. The van der Waals surface area contributed by atoms with E-state index in [-0.39, 0.29) is 17.4 Å². The number of amides is 2. The molecule has 1 aliphatic rings. The summed E-state index contributed by atoms with van der Waals surface area (Å²) in [7, 11) is 0. The normalized spacial score (nSPS) is 23.8. The van der Waals surface area contributed by atoms with Gasteiger partial charge in [-0.05, 0) is 17.3 Å². The molecule has 1 heterocycles. The van der Waals surface area contributed by atoms with E-state index in [1.165, 1.54) is 0 Å². The first kappa shape index (κ1) is 15.8. The molecule has 0 spiro atoms. The van der Waals surface area contributed by atoms with Crippen molar-refractivity contribution < 1.29 is 14.7 Å². The molecule has 1 rings (SSSR count). The maximum absolute atomic E-state index is 12.1. The average Bonchev–Trinajstić information content (AvgIpc) is 2.68. The number of carboxylic acids is 1. The van der Waals surface area contributed by atoms with Gasteiger partial charge >= 0.3 is 12.0 Å². The molecule has 0 radical (unpaired) electrons. The molecule has 5 heteroatoms. The van der Waals surface area contributed by atoms with Crippen molar-refractivity contribution >= 4 is 12.0 Å². The number of urea groups is 1. The van der Waals surface area contributed by atoms with E-state index >= 15 is 0 Å². The molecule has 0 aromatic rings. The summed E-state index contributed by atoms with van der Waals surface area (Å²) in [6, 6.07) is -0.149. The summed E-state index contributed by atoms with van der Waals surface area (Å²) in [4.78, 5) is 24.7. The number of carbonyl (C=O) groups excluding carboxylic acids is 1. The van der Waals surface area contributed by atoms with E-state index in [0.29, 0.717) is 25.6 Å². The van der Waals surface area contributed by atoms with E-state index in [2.05, 4.69) is 33.0 Å². The fourth-order valence-corrected chi connectivity index (χ4v) is 2.07. The molecular formula is C14H26N2O3. The number of nitrogens with zero attached hydrogens (tertiary/aromatic N) is 1. The number of carboxylic acid groups (broad SMARTS) is 1.